The molecule has 3 rings (SSSR count). The Balaban J connectivity index is 2.10. The van der Waals surface area contributed by atoms with Gasteiger partial charge in [0.05, 0.1) is 15.2 Å². The van der Waals surface area contributed by atoms with Crippen LogP contribution in [0.5, 0.6) is 0 Å². The zero-order valence-corrected chi connectivity index (χ0v) is 18.1. The summed E-state index contributed by atoms with van der Waals surface area (Å²) in [6.45, 7) is 4.61. The summed E-state index contributed by atoms with van der Waals surface area (Å²) in [4.78, 5) is 21.5. The lowest BCUT2D eigenvalue weighted by atomic mass is 10.2. The summed E-state index contributed by atoms with van der Waals surface area (Å²) in [5, 5.41) is 0.469. The molecule has 0 saturated carbocycles. The molecule has 1 aromatic carbocycles. The minimum atomic E-state index is -3.43. The Bertz CT molecular complexity index is 1130. The number of furan rings is 1. The summed E-state index contributed by atoms with van der Waals surface area (Å²) in [5.74, 6) is 1.00. The van der Waals surface area contributed by atoms with Crippen molar-refractivity contribution in [1.82, 2.24) is 9.88 Å². The van der Waals surface area contributed by atoms with E-state index in [2.05, 4.69) is 4.98 Å². The van der Waals surface area contributed by atoms with Gasteiger partial charge in [-0.25, -0.2) is 13.4 Å². The molecule has 0 unspecified atom stereocenters. The summed E-state index contributed by atoms with van der Waals surface area (Å²) in [7, 11) is 0.427. The Morgan fingerprint density at radius 3 is 2.50 bits per heavy atom. The van der Waals surface area contributed by atoms with Crippen LogP contribution in [0, 0.1) is 13.8 Å². The zero-order valence-electron chi connectivity index (χ0n) is 16.5. The number of anilines is 1. The van der Waals surface area contributed by atoms with Crippen LogP contribution in [0.4, 0.5) is 5.13 Å². The van der Waals surface area contributed by atoms with Crippen LogP contribution in [0.2, 0.25) is 0 Å². The molecule has 0 saturated heterocycles. The molecule has 3 aromatic rings. The number of benzene rings is 1. The Hall–Kier alpha value is -2.23. The van der Waals surface area contributed by atoms with Gasteiger partial charge in [-0.2, -0.15) is 0 Å². The van der Waals surface area contributed by atoms with E-state index in [1.165, 1.54) is 17.4 Å². The highest BCUT2D eigenvalue weighted by atomic mass is 32.2. The molecule has 0 fully saturated rings. The number of carbonyl (C=O) groups is 1. The van der Waals surface area contributed by atoms with Crippen molar-refractivity contribution in [2.45, 2.75) is 18.7 Å². The number of aryl methyl sites for hydroxylation is 2. The molecule has 0 spiro atoms. The van der Waals surface area contributed by atoms with Crippen molar-refractivity contribution in [3.05, 3.63) is 41.3 Å². The van der Waals surface area contributed by atoms with Crippen molar-refractivity contribution in [2.24, 2.45) is 0 Å². The molecular formula is C19H23N3O4S2. The Kier molecular flexibility index (Phi) is 5.60. The number of fused-ring (bicyclic) bond motifs is 1. The van der Waals surface area contributed by atoms with Crippen LogP contribution in [-0.4, -0.2) is 57.6 Å². The lowest BCUT2D eigenvalue weighted by molar-refractivity contribution is 0.0983. The number of carbonyl (C=O) groups excluding carboxylic acids is 1. The third-order valence-electron chi connectivity index (χ3n) is 4.29. The van der Waals surface area contributed by atoms with Gasteiger partial charge in [-0.1, -0.05) is 17.4 Å². The predicted octanol–water partition coefficient (Wildman–Crippen LogP) is 3.12. The molecule has 7 nitrogen and oxygen atoms in total. The zero-order chi connectivity index (χ0) is 20.6. The highest BCUT2D eigenvalue weighted by Crippen LogP contribution is 2.33. The predicted molar refractivity (Wildman–Crippen MR) is 111 cm³/mol. The van der Waals surface area contributed by atoms with Crippen LogP contribution in [-0.2, 0) is 9.84 Å². The topological polar surface area (TPSA) is 83.7 Å². The van der Waals surface area contributed by atoms with Crippen LogP contribution < -0.4 is 4.90 Å². The molecule has 0 aliphatic rings. The minimum absolute atomic E-state index is 0.169. The molecule has 0 aliphatic heterocycles. The molecule has 1 amide bonds. The molecule has 2 heterocycles. The van der Waals surface area contributed by atoms with E-state index in [4.69, 9.17) is 4.42 Å². The van der Waals surface area contributed by atoms with E-state index < -0.39 is 9.84 Å². The number of aromatic nitrogens is 1. The normalized spacial score (nSPS) is 12.1. The lowest BCUT2D eigenvalue weighted by Crippen LogP contribution is -2.36. The maximum atomic E-state index is 13.2. The largest absolute Gasteiger partial charge is 0.466 e. The summed E-state index contributed by atoms with van der Waals surface area (Å²) >= 11 is 1.30. The maximum Gasteiger partial charge on any atom is 0.263 e. The van der Waals surface area contributed by atoms with Gasteiger partial charge in [-0.15, -0.1) is 0 Å². The highest BCUT2D eigenvalue weighted by molar-refractivity contribution is 7.91. The van der Waals surface area contributed by atoms with E-state index in [1.807, 2.05) is 25.1 Å². The van der Waals surface area contributed by atoms with Gasteiger partial charge < -0.3 is 9.32 Å². The second-order valence-electron chi connectivity index (χ2n) is 6.96. The standard InChI is InChI=1S/C19H23N3O4S2/c1-12-11-14(13(2)26-12)18(23)22(10-9-21(3)4)19-20-17-15(27-19)7-6-8-16(17)28(5,24)25/h6-8,11H,9-10H2,1-5H3. The van der Waals surface area contributed by atoms with E-state index in [1.54, 1.807) is 30.9 Å². The molecule has 0 aliphatic carbocycles. The van der Waals surface area contributed by atoms with Crippen LogP contribution in [0.25, 0.3) is 10.2 Å². The number of nitrogens with zero attached hydrogens (tertiary/aromatic N) is 3. The van der Waals surface area contributed by atoms with Crippen LogP contribution in [0.1, 0.15) is 21.9 Å². The molecule has 0 bridgehead atoms. The SMILES string of the molecule is Cc1cc(C(=O)N(CCN(C)C)c2nc3c(S(C)(=O)=O)cccc3s2)c(C)o1. The van der Waals surface area contributed by atoms with Crippen molar-refractivity contribution in [3.63, 3.8) is 0 Å². The second-order valence-corrected chi connectivity index (χ2v) is 9.95. The van der Waals surface area contributed by atoms with Crippen molar-refractivity contribution < 1.29 is 17.6 Å². The first kappa shape index (κ1) is 20.5. The number of likely N-dealkylation sites (N-methyl/N-ethyl adjacent to an activating group) is 1. The second kappa shape index (κ2) is 7.65. The van der Waals surface area contributed by atoms with Gasteiger partial charge >= 0.3 is 0 Å². The van der Waals surface area contributed by atoms with Crippen molar-refractivity contribution in [1.29, 1.82) is 0 Å². The molecule has 150 valence electrons. The maximum absolute atomic E-state index is 13.2. The number of hydrogen-bond donors (Lipinski definition) is 0. The monoisotopic (exact) mass is 421 g/mol. The van der Waals surface area contributed by atoms with Crippen LogP contribution in [0.3, 0.4) is 0 Å². The molecule has 0 N–H and O–H groups in total. The molecule has 9 heteroatoms. The molecule has 2 aromatic heterocycles. The minimum Gasteiger partial charge on any atom is -0.466 e. The summed E-state index contributed by atoms with van der Waals surface area (Å²) < 4.78 is 30.5. The summed E-state index contributed by atoms with van der Waals surface area (Å²) in [5.41, 5.74) is 0.881. The quantitative estimate of drug-likeness (QED) is 0.608. The van der Waals surface area contributed by atoms with Crippen LogP contribution >= 0.6 is 11.3 Å². The average molecular weight is 422 g/mol. The smallest absolute Gasteiger partial charge is 0.263 e. The average Bonchev–Trinajstić information content (AvgIpc) is 3.15. The van der Waals surface area contributed by atoms with Crippen molar-refractivity contribution in [3.8, 4) is 0 Å². The van der Waals surface area contributed by atoms with Gasteiger partial charge in [0, 0.05) is 19.3 Å². The van der Waals surface area contributed by atoms with E-state index >= 15 is 0 Å². The third kappa shape index (κ3) is 4.11. The van der Waals surface area contributed by atoms with Crippen LogP contribution in [0.15, 0.2) is 33.6 Å². The Labute approximate surface area is 168 Å². The van der Waals surface area contributed by atoms with Gasteiger partial charge in [-0.05, 0) is 46.1 Å². The highest BCUT2D eigenvalue weighted by Gasteiger charge is 2.26. The van der Waals surface area contributed by atoms with Crippen molar-refractivity contribution in [2.75, 3.05) is 38.3 Å². The molecule has 0 radical (unpaired) electrons. The van der Waals surface area contributed by atoms with Crippen molar-refractivity contribution >= 4 is 42.4 Å². The fourth-order valence-electron chi connectivity index (χ4n) is 2.90. The number of thiazole rings is 1. The first-order valence-corrected chi connectivity index (χ1v) is 11.4. The van der Waals surface area contributed by atoms with E-state index in [-0.39, 0.29) is 10.8 Å². The number of sulfone groups is 1. The Morgan fingerprint density at radius 2 is 1.93 bits per heavy atom. The van der Waals surface area contributed by atoms with E-state index in [9.17, 15) is 13.2 Å². The van der Waals surface area contributed by atoms with Gasteiger partial charge in [0.15, 0.2) is 15.0 Å². The fourth-order valence-corrected chi connectivity index (χ4v) is 4.81. The summed E-state index contributed by atoms with van der Waals surface area (Å²) in [6.07, 6.45) is 1.16. The molecule has 28 heavy (non-hydrogen) atoms. The van der Waals surface area contributed by atoms with Gasteiger partial charge in [0.2, 0.25) is 0 Å². The number of amides is 1. The molecule has 0 atom stereocenters. The number of rotatable bonds is 6. The lowest BCUT2D eigenvalue weighted by Gasteiger charge is -2.21. The van der Waals surface area contributed by atoms with E-state index in [0.717, 1.165) is 11.0 Å². The van der Waals surface area contributed by atoms with E-state index in [0.29, 0.717) is 40.8 Å². The van der Waals surface area contributed by atoms with Gasteiger partial charge in [0.25, 0.3) is 5.91 Å². The number of para-hydroxylation sites is 1. The van der Waals surface area contributed by atoms with Gasteiger partial charge in [0.1, 0.15) is 17.0 Å². The Morgan fingerprint density at radius 1 is 1.21 bits per heavy atom. The first-order valence-electron chi connectivity index (χ1n) is 8.71. The first-order chi connectivity index (χ1) is 13.1. The number of hydrogen-bond acceptors (Lipinski definition) is 7. The third-order valence-corrected chi connectivity index (χ3v) is 6.46. The fraction of sp³-hybridized carbons (Fsp3) is 0.368. The molecular weight excluding hydrogens is 398 g/mol. The summed E-state index contributed by atoms with van der Waals surface area (Å²) in [6, 6.07) is 6.76. The van der Waals surface area contributed by atoms with Gasteiger partial charge in [-0.3, -0.25) is 9.69 Å².